The molecule has 5 rings (SSSR count). The summed E-state index contributed by atoms with van der Waals surface area (Å²) >= 11 is 7.57. The van der Waals surface area contributed by atoms with E-state index in [4.69, 9.17) is 20.9 Å². The highest BCUT2D eigenvalue weighted by Crippen LogP contribution is 2.32. The molecule has 0 fully saturated rings. The first-order valence-electron chi connectivity index (χ1n) is 8.38. The van der Waals surface area contributed by atoms with Crippen molar-refractivity contribution < 1.29 is 9.26 Å². The Bertz CT molecular complexity index is 1100. The molecule has 0 amide bonds. The molecule has 0 spiro atoms. The fourth-order valence-corrected chi connectivity index (χ4v) is 3.95. The second-order valence-electron chi connectivity index (χ2n) is 6.25. The maximum Gasteiger partial charge on any atom is 0.268 e. The molecule has 0 saturated carbocycles. The molecule has 1 aliphatic heterocycles. The Labute approximate surface area is 163 Å². The van der Waals surface area contributed by atoms with Gasteiger partial charge in [0, 0.05) is 9.90 Å². The Hall–Kier alpha value is -2.55. The zero-order valence-corrected chi connectivity index (χ0v) is 15.9. The molecule has 1 aromatic carbocycles. The maximum atomic E-state index is 6.02. The zero-order valence-electron chi connectivity index (χ0n) is 14.3. The standard InChI is InChI=1S/C18H14ClN5O2S/c1-10-2-7-15(27-10)18-20-17(22-26-18)16-13-9-25-14(8-24(13)23-21-16)11-3-5-12(19)6-4-11/h2-7,14H,8-9H2,1H3/t14-/m1/s1. The second kappa shape index (κ2) is 6.56. The molecule has 9 heteroatoms. The Morgan fingerprint density at radius 2 is 2.04 bits per heavy atom. The lowest BCUT2D eigenvalue weighted by Gasteiger charge is -2.24. The van der Waals surface area contributed by atoms with Crippen molar-refractivity contribution in [2.45, 2.75) is 26.2 Å². The zero-order chi connectivity index (χ0) is 18.4. The second-order valence-corrected chi connectivity index (χ2v) is 7.98. The Kier molecular flexibility index (Phi) is 4.04. The number of hydrogen-bond acceptors (Lipinski definition) is 7. The average molecular weight is 400 g/mol. The predicted octanol–water partition coefficient (Wildman–Crippen LogP) is 4.29. The maximum absolute atomic E-state index is 6.02. The number of thiophene rings is 1. The van der Waals surface area contributed by atoms with E-state index < -0.39 is 0 Å². The van der Waals surface area contributed by atoms with Gasteiger partial charge in [0.1, 0.15) is 6.10 Å². The number of nitrogens with zero attached hydrogens (tertiary/aromatic N) is 5. The van der Waals surface area contributed by atoms with E-state index in [1.807, 2.05) is 48.0 Å². The normalized spacial score (nSPS) is 16.4. The van der Waals surface area contributed by atoms with Gasteiger partial charge in [-0.15, -0.1) is 16.4 Å². The third kappa shape index (κ3) is 3.05. The first kappa shape index (κ1) is 16.6. The van der Waals surface area contributed by atoms with Crippen molar-refractivity contribution in [1.29, 1.82) is 0 Å². The molecule has 4 aromatic rings. The molecule has 27 heavy (non-hydrogen) atoms. The molecule has 136 valence electrons. The van der Waals surface area contributed by atoms with Gasteiger partial charge in [-0.05, 0) is 36.8 Å². The minimum Gasteiger partial charge on any atom is -0.365 e. The summed E-state index contributed by atoms with van der Waals surface area (Å²) in [5.74, 6) is 0.909. The predicted molar refractivity (Wildman–Crippen MR) is 100 cm³/mol. The Morgan fingerprint density at radius 1 is 1.19 bits per heavy atom. The van der Waals surface area contributed by atoms with E-state index in [0.29, 0.717) is 35.6 Å². The molecule has 4 heterocycles. The van der Waals surface area contributed by atoms with E-state index >= 15 is 0 Å². The van der Waals surface area contributed by atoms with Gasteiger partial charge in [-0.2, -0.15) is 4.98 Å². The van der Waals surface area contributed by atoms with E-state index in [2.05, 4.69) is 20.5 Å². The van der Waals surface area contributed by atoms with E-state index in [1.165, 1.54) is 4.88 Å². The third-order valence-corrected chi connectivity index (χ3v) is 5.67. The van der Waals surface area contributed by atoms with Crippen LogP contribution < -0.4 is 0 Å². The van der Waals surface area contributed by atoms with Gasteiger partial charge in [-0.1, -0.05) is 34.1 Å². The molecule has 1 aliphatic rings. The minimum atomic E-state index is -0.0979. The van der Waals surface area contributed by atoms with Crippen LogP contribution in [0.1, 0.15) is 22.2 Å². The van der Waals surface area contributed by atoms with Crippen molar-refractivity contribution in [3.8, 4) is 22.3 Å². The third-order valence-electron chi connectivity index (χ3n) is 4.43. The lowest BCUT2D eigenvalue weighted by Crippen LogP contribution is -2.22. The quantitative estimate of drug-likeness (QED) is 0.511. The van der Waals surface area contributed by atoms with Crippen LogP contribution in [-0.2, 0) is 17.9 Å². The molecule has 0 aliphatic carbocycles. The molecule has 3 aromatic heterocycles. The van der Waals surface area contributed by atoms with E-state index in [-0.39, 0.29) is 6.10 Å². The molecular formula is C18H14ClN5O2S. The van der Waals surface area contributed by atoms with Crippen LogP contribution in [0.15, 0.2) is 40.9 Å². The summed E-state index contributed by atoms with van der Waals surface area (Å²) in [5, 5.41) is 13.3. The highest BCUT2D eigenvalue weighted by molar-refractivity contribution is 7.15. The van der Waals surface area contributed by atoms with E-state index in [0.717, 1.165) is 16.1 Å². The van der Waals surface area contributed by atoms with E-state index in [1.54, 1.807) is 11.3 Å². The fourth-order valence-electron chi connectivity index (χ4n) is 3.03. The fraction of sp³-hybridized carbons (Fsp3) is 0.222. The lowest BCUT2D eigenvalue weighted by atomic mass is 10.1. The van der Waals surface area contributed by atoms with Crippen molar-refractivity contribution in [1.82, 2.24) is 25.1 Å². The number of aryl methyl sites for hydroxylation is 1. The van der Waals surface area contributed by atoms with Crippen LogP contribution >= 0.6 is 22.9 Å². The van der Waals surface area contributed by atoms with Crippen molar-refractivity contribution in [3.63, 3.8) is 0 Å². The number of aromatic nitrogens is 5. The molecule has 0 bridgehead atoms. The number of halogens is 1. The molecule has 0 radical (unpaired) electrons. The number of benzene rings is 1. The van der Waals surface area contributed by atoms with Gasteiger partial charge in [0.25, 0.3) is 5.89 Å². The summed E-state index contributed by atoms with van der Waals surface area (Å²) in [5.41, 5.74) is 2.49. The number of rotatable bonds is 3. The number of fused-ring (bicyclic) bond motifs is 1. The largest absolute Gasteiger partial charge is 0.365 e. The smallest absolute Gasteiger partial charge is 0.268 e. The summed E-state index contributed by atoms with van der Waals surface area (Å²) in [6.07, 6.45) is -0.0979. The highest BCUT2D eigenvalue weighted by Gasteiger charge is 2.27. The van der Waals surface area contributed by atoms with Crippen molar-refractivity contribution in [2.24, 2.45) is 0 Å². The number of hydrogen-bond donors (Lipinski definition) is 0. The van der Waals surface area contributed by atoms with Crippen LogP contribution in [0.5, 0.6) is 0 Å². The Morgan fingerprint density at radius 3 is 2.81 bits per heavy atom. The first-order chi connectivity index (χ1) is 13.2. The summed E-state index contributed by atoms with van der Waals surface area (Å²) in [4.78, 5) is 6.60. The van der Waals surface area contributed by atoms with Gasteiger partial charge in [0.2, 0.25) is 5.82 Å². The van der Waals surface area contributed by atoms with Gasteiger partial charge < -0.3 is 9.26 Å². The summed E-state index contributed by atoms with van der Waals surface area (Å²) in [6, 6.07) is 11.6. The van der Waals surface area contributed by atoms with Crippen LogP contribution in [-0.4, -0.2) is 25.1 Å². The van der Waals surface area contributed by atoms with Crippen molar-refractivity contribution in [3.05, 3.63) is 57.6 Å². The van der Waals surface area contributed by atoms with Gasteiger partial charge in [-0.3, -0.25) is 0 Å². The minimum absolute atomic E-state index is 0.0979. The molecule has 0 N–H and O–H groups in total. The lowest BCUT2D eigenvalue weighted by molar-refractivity contribution is -0.00111. The van der Waals surface area contributed by atoms with Crippen LogP contribution in [0.2, 0.25) is 5.02 Å². The summed E-state index contributed by atoms with van der Waals surface area (Å²) in [7, 11) is 0. The molecule has 1 atom stereocenters. The van der Waals surface area contributed by atoms with Crippen LogP contribution in [0.4, 0.5) is 0 Å². The van der Waals surface area contributed by atoms with Crippen LogP contribution in [0, 0.1) is 6.92 Å². The van der Waals surface area contributed by atoms with Crippen molar-refractivity contribution in [2.75, 3.05) is 0 Å². The van der Waals surface area contributed by atoms with Crippen LogP contribution in [0.3, 0.4) is 0 Å². The van der Waals surface area contributed by atoms with Crippen LogP contribution in [0.25, 0.3) is 22.3 Å². The first-order valence-corrected chi connectivity index (χ1v) is 9.57. The van der Waals surface area contributed by atoms with Gasteiger partial charge in [0.05, 0.1) is 23.7 Å². The molecule has 0 unspecified atom stereocenters. The van der Waals surface area contributed by atoms with E-state index in [9.17, 15) is 0 Å². The monoisotopic (exact) mass is 399 g/mol. The van der Waals surface area contributed by atoms with Gasteiger partial charge in [0.15, 0.2) is 5.69 Å². The van der Waals surface area contributed by atoms with Crippen molar-refractivity contribution >= 4 is 22.9 Å². The highest BCUT2D eigenvalue weighted by atomic mass is 35.5. The SMILES string of the molecule is Cc1ccc(-c2nc(-c3nnn4c3CO[C@@H](c3ccc(Cl)cc3)C4)no2)s1. The topological polar surface area (TPSA) is 78.9 Å². The van der Waals surface area contributed by atoms with Gasteiger partial charge >= 0.3 is 0 Å². The molecular weight excluding hydrogens is 386 g/mol. The molecule has 0 saturated heterocycles. The average Bonchev–Trinajstić information content (AvgIpc) is 3.40. The molecule has 7 nitrogen and oxygen atoms in total. The summed E-state index contributed by atoms with van der Waals surface area (Å²) in [6.45, 7) is 2.98. The number of ether oxygens (including phenoxy) is 1. The Balaban J connectivity index is 1.41. The van der Waals surface area contributed by atoms with Gasteiger partial charge in [-0.25, -0.2) is 4.68 Å². The summed E-state index contributed by atoms with van der Waals surface area (Å²) < 4.78 is 13.3.